The Morgan fingerprint density at radius 1 is 0.706 bits per heavy atom. The second-order valence-electron chi connectivity index (χ2n) is 7.29. The van der Waals surface area contributed by atoms with Gasteiger partial charge in [-0.1, -0.05) is 30.3 Å². The van der Waals surface area contributed by atoms with Crippen molar-refractivity contribution in [3.63, 3.8) is 0 Å². The fourth-order valence-electron chi connectivity index (χ4n) is 3.32. The summed E-state index contributed by atoms with van der Waals surface area (Å²) in [6, 6.07) is 26.9. The number of nitrogens with one attached hydrogen (secondary N) is 2. The quantitative estimate of drug-likeness (QED) is 0.334. The van der Waals surface area contributed by atoms with Gasteiger partial charge < -0.3 is 15.4 Å². The molecule has 0 atom stereocenters. The predicted octanol–water partition coefficient (Wildman–Crippen LogP) is 5.57. The molecule has 0 saturated carbocycles. The summed E-state index contributed by atoms with van der Waals surface area (Å²) < 4.78 is 6.06. The van der Waals surface area contributed by atoms with Crippen LogP contribution >= 0.6 is 0 Å². The van der Waals surface area contributed by atoms with Gasteiger partial charge in [-0.05, 0) is 54.6 Å². The normalized spacial score (nSPS) is 10.5. The van der Waals surface area contributed by atoms with E-state index in [2.05, 4.69) is 35.8 Å². The minimum atomic E-state index is 0.464. The summed E-state index contributed by atoms with van der Waals surface area (Å²) in [5.74, 6) is 2.30. The Kier molecular flexibility index (Phi) is 6.02. The third kappa shape index (κ3) is 4.81. The van der Waals surface area contributed by atoms with Gasteiger partial charge in [-0.2, -0.15) is 0 Å². The van der Waals surface area contributed by atoms with Crippen LogP contribution in [0.15, 0.2) is 97.3 Å². The van der Waals surface area contributed by atoms with E-state index in [1.54, 1.807) is 19.4 Å². The lowest BCUT2D eigenvalue weighted by Crippen LogP contribution is -1.98. The summed E-state index contributed by atoms with van der Waals surface area (Å²) in [7, 11) is 1.78. The Morgan fingerprint density at radius 3 is 2.32 bits per heavy atom. The molecule has 0 fully saturated rings. The van der Waals surface area contributed by atoms with Crippen LogP contribution in [-0.2, 0) is 0 Å². The molecule has 5 aromatic rings. The molecular weight excluding hydrogens is 426 g/mol. The van der Waals surface area contributed by atoms with E-state index in [4.69, 9.17) is 4.74 Å². The van der Waals surface area contributed by atoms with Crippen molar-refractivity contribution in [1.82, 2.24) is 25.1 Å². The van der Waals surface area contributed by atoms with Gasteiger partial charge in [0.05, 0.1) is 17.0 Å². The summed E-state index contributed by atoms with van der Waals surface area (Å²) in [6.45, 7) is 0. The average molecular weight is 448 g/mol. The van der Waals surface area contributed by atoms with Crippen LogP contribution in [-0.4, -0.2) is 32.2 Å². The van der Waals surface area contributed by atoms with Crippen molar-refractivity contribution in [3.8, 4) is 34.1 Å². The number of anilines is 3. The molecule has 0 aliphatic heterocycles. The monoisotopic (exact) mass is 447 g/mol. The first-order valence-corrected chi connectivity index (χ1v) is 10.7. The highest BCUT2D eigenvalue weighted by Gasteiger charge is 2.11. The molecule has 8 nitrogen and oxygen atoms in total. The van der Waals surface area contributed by atoms with Gasteiger partial charge in [0.1, 0.15) is 5.75 Å². The lowest BCUT2D eigenvalue weighted by atomic mass is 10.1. The molecule has 166 valence electrons. The molecular formula is C26H21N7O. The Balaban J connectivity index is 1.29. The molecule has 0 spiro atoms. The van der Waals surface area contributed by atoms with Crippen molar-refractivity contribution in [3.05, 3.63) is 97.3 Å². The fourth-order valence-corrected chi connectivity index (χ4v) is 3.32. The van der Waals surface area contributed by atoms with Gasteiger partial charge in [0.2, 0.25) is 11.8 Å². The number of rotatable bonds is 7. The highest BCUT2D eigenvalue weighted by molar-refractivity contribution is 5.66. The molecule has 2 aromatic carbocycles. The van der Waals surface area contributed by atoms with Crippen LogP contribution < -0.4 is 15.4 Å². The van der Waals surface area contributed by atoms with Crippen molar-refractivity contribution in [2.24, 2.45) is 0 Å². The molecule has 0 unspecified atom stereocenters. The topological polar surface area (TPSA) is 97.7 Å². The zero-order chi connectivity index (χ0) is 23.2. The maximum atomic E-state index is 6.06. The zero-order valence-corrected chi connectivity index (χ0v) is 18.4. The van der Waals surface area contributed by atoms with E-state index in [0.717, 1.165) is 28.2 Å². The SMILES string of the molecule is CNc1nccc(-c2cccnc2Oc2ccc(Nc3ccc(-c4ccccc4)nn3)cc2)n1. The number of ether oxygens (including phenoxy) is 1. The first kappa shape index (κ1) is 21.0. The van der Waals surface area contributed by atoms with Gasteiger partial charge in [-0.3, -0.25) is 0 Å². The highest BCUT2D eigenvalue weighted by Crippen LogP contribution is 2.31. The summed E-state index contributed by atoms with van der Waals surface area (Å²) in [5.41, 5.74) is 4.22. The molecule has 0 bridgehead atoms. The Morgan fingerprint density at radius 2 is 1.56 bits per heavy atom. The number of hydrogen-bond donors (Lipinski definition) is 2. The van der Waals surface area contributed by atoms with Crippen LogP contribution in [0.25, 0.3) is 22.5 Å². The standard InChI is InChI=1S/C26H21N7O/c1-27-26-29-17-15-23(31-26)21-8-5-16-28-25(21)34-20-11-9-19(10-12-20)30-24-14-13-22(32-33-24)18-6-3-2-4-7-18/h2-17H,1H3,(H,30,33)(H,27,29,31). The van der Waals surface area contributed by atoms with Crippen LogP contribution in [0, 0.1) is 0 Å². The number of pyridine rings is 1. The molecule has 0 amide bonds. The summed E-state index contributed by atoms with van der Waals surface area (Å²) in [6.07, 6.45) is 3.38. The third-order valence-electron chi connectivity index (χ3n) is 5.00. The summed E-state index contributed by atoms with van der Waals surface area (Å²) in [4.78, 5) is 13.0. The number of aromatic nitrogens is 5. The summed E-state index contributed by atoms with van der Waals surface area (Å²) in [5, 5.41) is 14.8. The van der Waals surface area contributed by atoms with E-state index in [1.165, 1.54) is 0 Å². The largest absolute Gasteiger partial charge is 0.438 e. The lowest BCUT2D eigenvalue weighted by molar-refractivity contribution is 0.465. The Labute approximate surface area is 196 Å². The number of benzene rings is 2. The molecule has 0 saturated heterocycles. The highest BCUT2D eigenvalue weighted by atomic mass is 16.5. The predicted molar refractivity (Wildman–Crippen MR) is 132 cm³/mol. The average Bonchev–Trinajstić information content (AvgIpc) is 2.91. The number of nitrogens with zero attached hydrogens (tertiary/aromatic N) is 5. The van der Waals surface area contributed by atoms with Crippen LogP contribution in [0.2, 0.25) is 0 Å². The van der Waals surface area contributed by atoms with Crippen LogP contribution in [0.5, 0.6) is 11.6 Å². The van der Waals surface area contributed by atoms with E-state index in [9.17, 15) is 0 Å². The van der Waals surface area contributed by atoms with Crippen LogP contribution in [0.4, 0.5) is 17.5 Å². The van der Waals surface area contributed by atoms with Gasteiger partial charge in [0, 0.05) is 30.7 Å². The van der Waals surface area contributed by atoms with E-state index < -0.39 is 0 Å². The summed E-state index contributed by atoms with van der Waals surface area (Å²) >= 11 is 0. The Hall–Kier alpha value is -4.85. The Bertz CT molecular complexity index is 1370. The van der Waals surface area contributed by atoms with Gasteiger partial charge in [-0.15, -0.1) is 10.2 Å². The van der Waals surface area contributed by atoms with Gasteiger partial charge in [0.25, 0.3) is 0 Å². The molecule has 5 rings (SSSR count). The molecule has 34 heavy (non-hydrogen) atoms. The maximum Gasteiger partial charge on any atom is 0.228 e. The van der Waals surface area contributed by atoms with Crippen molar-refractivity contribution in [2.45, 2.75) is 0 Å². The molecule has 3 heterocycles. The zero-order valence-electron chi connectivity index (χ0n) is 18.4. The lowest BCUT2D eigenvalue weighted by Gasteiger charge is -2.11. The van der Waals surface area contributed by atoms with Gasteiger partial charge >= 0.3 is 0 Å². The molecule has 2 N–H and O–H groups in total. The molecule has 0 aliphatic rings. The molecule has 0 radical (unpaired) electrons. The second kappa shape index (κ2) is 9.74. The van der Waals surface area contributed by atoms with Gasteiger partial charge in [0.15, 0.2) is 5.82 Å². The minimum Gasteiger partial charge on any atom is -0.438 e. The van der Waals surface area contributed by atoms with Crippen LogP contribution in [0.3, 0.4) is 0 Å². The van der Waals surface area contributed by atoms with Crippen LogP contribution in [0.1, 0.15) is 0 Å². The number of hydrogen-bond acceptors (Lipinski definition) is 8. The fraction of sp³-hybridized carbons (Fsp3) is 0.0385. The van der Waals surface area contributed by atoms with E-state index in [0.29, 0.717) is 23.4 Å². The van der Waals surface area contributed by atoms with Crippen molar-refractivity contribution < 1.29 is 4.74 Å². The molecule has 8 heteroatoms. The smallest absolute Gasteiger partial charge is 0.228 e. The second-order valence-corrected chi connectivity index (χ2v) is 7.29. The van der Waals surface area contributed by atoms with Gasteiger partial charge in [-0.25, -0.2) is 15.0 Å². The van der Waals surface area contributed by atoms with E-state index in [1.807, 2.05) is 84.9 Å². The van der Waals surface area contributed by atoms with E-state index >= 15 is 0 Å². The first-order valence-electron chi connectivity index (χ1n) is 10.7. The first-order chi connectivity index (χ1) is 16.8. The third-order valence-corrected chi connectivity index (χ3v) is 5.00. The molecule has 3 aromatic heterocycles. The van der Waals surface area contributed by atoms with Crippen molar-refractivity contribution in [1.29, 1.82) is 0 Å². The maximum absolute atomic E-state index is 6.06. The van der Waals surface area contributed by atoms with Crippen molar-refractivity contribution in [2.75, 3.05) is 17.7 Å². The van der Waals surface area contributed by atoms with E-state index in [-0.39, 0.29) is 0 Å². The molecule has 0 aliphatic carbocycles. The van der Waals surface area contributed by atoms with Crippen molar-refractivity contribution >= 4 is 17.5 Å². The minimum absolute atomic E-state index is 0.464.